The van der Waals surface area contributed by atoms with Crippen LogP contribution in [0.3, 0.4) is 0 Å². The molecule has 0 spiro atoms. The van der Waals surface area contributed by atoms with Gasteiger partial charge in [-0.05, 0) is 29.7 Å². The Bertz CT molecular complexity index is 654. The Morgan fingerprint density at radius 3 is 2.30 bits per heavy atom. The topological polar surface area (TPSA) is 81.4 Å². The summed E-state index contributed by atoms with van der Waals surface area (Å²) in [4.78, 5) is 23.7. The van der Waals surface area contributed by atoms with Crippen LogP contribution in [0.1, 0.15) is 23.6 Å². The van der Waals surface area contributed by atoms with Crippen LogP contribution in [0.4, 0.5) is 0 Å². The van der Waals surface area contributed by atoms with E-state index in [1.807, 2.05) is 30.3 Å². The van der Waals surface area contributed by atoms with Crippen LogP contribution in [0.5, 0.6) is 5.75 Å². The number of ether oxygens (including phenoxy) is 1. The number of aryl methyl sites for hydroxylation is 1. The molecule has 0 bridgehead atoms. The summed E-state index contributed by atoms with van der Waals surface area (Å²) in [7, 11) is 1.61. The van der Waals surface area contributed by atoms with Crippen molar-refractivity contribution in [3.8, 4) is 5.75 Å². The van der Waals surface area contributed by atoms with Crippen molar-refractivity contribution in [1.29, 1.82) is 0 Å². The van der Waals surface area contributed by atoms with E-state index in [4.69, 9.17) is 10.5 Å². The summed E-state index contributed by atoms with van der Waals surface area (Å²) in [6, 6.07) is 15.7. The predicted octanol–water partition coefficient (Wildman–Crippen LogP) is 1.97. The predicted molar refractivity (Wildman–Crippen MR) is 87.8 cm³/mol. The maximum Gasteiger partial charge on any atom is 0.244 e. The Labute approximate surface area is 135 Å². The molecular weight excluding hydrogens is 292 g/mol. The number of nitrogens with two attached hydrogens (primary N) is 1. The van der Waals surface area contributed by atoms with Crippen LogP contribution < -0.4 is 15.8 Å². The van der Waals surface area contributed by atoms with Gasteiger partial charge in [0.25, 0.3) is 0 Å². The van der Waals surface area contributed by atoms with E-state index in [-0.39, 0.29) is 12.3 Å². The Hall–Kier alpha value is -2.82. The second kappa shape index (κ2) is 7.98. The van der Waals surface area contributed by atoms with Crippen LogP contribution >= 0.6 is 0 Å². The number of benzene rings is 2. The van der Waals surface area contributed by atoms with Crippen LogP contribution in [-0.2, 0) is 16.0 Å². The minimum atomic E-state index is -0.806. The minimum absolute atomic E-state index is 0.214. The summed E-state index contributed by atoms with van der Waals surface area (Å²) in [5, 5.41) is 2.69. The van der Waals surface area contributed by atoms with E-state index in [9.17, 15) is 9.59 Å². The molecule has 2 aromatic carbocycles. The van der Waals surface area contributed by atoms with Gasteiger partial charge in [-0.1, -0.05) is 42.5 Å². The normalized spacial score (nSPS) is 11.5. The molecule has 0 aliphatic heterocycles. The molecule has 2 aromatic rings. The number of rotatable bonds is 7. The molecule has 0 radical (unpaired) electrons. The van der Waals surface area contributed by atoms with Gasteiger partial charge in [-0.2, -0.15) is 0 Å². The van der Waals surface area contributed by atoms with Gasteiger partial charge in [-0.25, -0.2) is 0 Å². The Morgan fingerprint density at radius 1 is 1.09 bits per heavy atom. The highest BCUT2D eigenvalue weighted by molar-refractivity contribution is 5.87. The van der Waals surface area contributed by atoms with Crippen molar-refractivity contribution in [3.63, 3.8) is 0 Å². The first-order chi connectivity index (χ1) is 11.1. The van der Waals surface area contributed by atoms with Gasteiger partial charge in [0.15, 0.2) is 0 Å². The Kier molecular flexibility index (Phi) is 5.74. The first kappa shape index (κ1) is 16.5. The first-order valence-electron chi connectivity index (χ1n) is 7.36. The second-order valence-corrected chi connectivity index (χ2v) is 5.16. The van der Waals surface area contributed by atoms with Crippen LogP contribution in [0.15, 0.2) is 54.6 Å². The Morgan fingerprint density at radius 2 is 1.74 bits per heavy atom. The van der Waals surface area contributed by atoms with Crippen molar-refractivity contribution in [2.24, 2.45) is 5.73 Å². The second-order valence-electron chi connectivity index (χ2n) is 5.16. The molecule has 5 heteroatoms. The van der Waals surface area contributed by atoms with Gasteiger partial charge in [-0.3, -0.25) is 9.59 Å². The van der Waals surface area contributed by atoms with Crippen LogP contribution in [0.25, 0.3) is 0 Å². The molecule has 0 aliphatic rings. The summed E-state index contributed by atoms with van der Waals surface area (Å²) in [6.07, 6.45) is 0.860. The zero-order valence-electron chi connectivity index (χ0n) is 13.0. The fraction of sp³-hybridized carbons (Fsp3) is 0.222. The smallest absolute Gasteiger partial charge is 0.244 e. The molecule has 5 nitrogen and oxygen atoms in total. The van der Waals surface area contributed by atoms with E-state index >= 15 is 0 Å². The van der Waals surface area contributed by atoms with Gasteiger partial charge in [0.1, 0.15) is 11.8 Å². The lowest BCUT2D eigenvalue weighted by molar-refractivity contribution is -0.127. The van der Waals surface area contributed by atoms with E-state index < -0.39 is 11.9 Å². The van der Waals surface area contributed by atoms with Crippen molar-refractivity contribution in [2.75, 3.05) is 7.11 Å². The number of carbonyl (C=O) groups excluding carboxylic acids is 2. The van der Waals surface area contributed by atoms with Gasteiger partial charge in [0.05, 0.1) is 7.11 Å². The number of hydrogen-bond donors (Lipinski definition) is 2. The molecule has 2 amide bonds. The molecule has 0 fully saturated rings. The number of methoxy groups -OCH3 is 1. The summed E-state index contributed by atoms with van der Waals surface area (Å²) < 4.78 is 5.09. The number of carbonyl (C=O) groups is 2. The van der Waals surface area contributed by atoms with E-state index in [2.05, 4.69) is 5.32 Å². The van der Waals surface area contributed by atoms with Crippen molar-refractivity contribution >= 4 is 11.8 Å². The average Bonchev–Trinajstić information content (AvgIpc) is 2.58. The molecule has 23 heavy (non-hydrogen) atoms. The van der Waals surface area contributed by atoms with Crippen LogP contribution in [0, 0.1) is 0 Å². The largest absolute Gasteiger partial charge is 0.497 e. The molecular formula is C18H20N2O3. The van der Waals surface area contributed by atoms with Gasteiger partial charge in [0.2, 0.25) is 11.8 Å². The molecule has 0 aromatic heterocycles. The lowest BCUT2D eigenvalue weighted by atomic mass is 10.1. The molecule has 0 unspecified atom stereocenters. The van der Waals surface area contributed by atoms with Crippen molar-refractivity contribution in [2.45, 2.75) is 18.9 Å². The van der Waals surface area contributed by atoms with Crippen molar-refractivity contribution < 1.29 is 14.3 Å². The number of primary amides is 1. The lowest BCUT2D eigenvalue weighted by Crippen LogP contribution is -2.37. The molecule has 2 rings (SSSR count). The molecule has 0 aliphatic carbocycles. The quantitative estimate of drug-likeness (QED) is 0.820. The standard InChI is InChI=1S/C18H20N2O3/c1-23-15-10-7-13(8-11-15)9-12-16(21)20-17(18(19)22)14-5-3-2-4-6-14/h2-8,10-11,17H,9,12H2,1H3,(H2,19,22)(H,20,21)/t17-/m1/s1. The third-order valence-electron chi connectivity index (χ3n) is 3.52. The fourth-order valence-electron chi connectivity index (χ4n) is 2.25. The molecule has 3 N–H and O–H groups in total. The molecule has 0 saturated heterocycles. The van der Waals surface area contributed by atoms with Gasteiger partial charge in [0, 0.05) is 6.42 Å². The first-order valence-corrected chi connectivity index (χ1v) is 7.36. The fourth-order valence-corrected chi connectivity index (χ4v) is 2.25. The minimum Gasteiger partial charge on any atom is -0.497 e. The van der Waals surface area contributed by atoms with Gasteiger partial charge in [-0.15, -0.1) is 0 Å². The highest BCUT2D eigenvalue weighted by Gasteiger charge is 2.19. The van der Waals surface area contributed by atoms with Crippen LogP contribution in [-0.4, -0.2) is 18.9 Å². The third kappa shape index (κ3) is 4.85. The zero-order valence-corrected chi connectivity index (χ0v) is 13.0. The van der Waals surface area contributed by atoms with Crippen molar-refractivity contribution in [3.05, 3.63) is 65.7 Å². The van der Waals surface area contributed by atoms with E-state index in [0.29, 0.717) is 12.0 Å². The number of hydrogen-bond acceptors (Lipinski definition) is 3. The SMILES string of the molecule is COc1ccc(CCC(=O)N[C@@H](C(N)=O)c2ccccc2)cc1. The van der Waals surface area contributed by atoms with Crippen LogP contribution in [0.2, 0.25) is 0 Å². The summed E-state index contributed by atoms with van der Waals surface area (Å²) >= 11 is 0. The highest BCUT2D eigenvalue weighted by Crippen LogP contribution is 2.14. The Balaban J connectivity index is 1.93. The maximum atomic E-state index is 12.1. The van der Waals surface area contributed by atoms with Gasteiger partial charge < -0.3 is 15.8 Å². The maximum absolute atomic E-state index is 12.1. The molecule has 0 heterocycles. The third-order valence-corrected chi connectivity index (χ3v) is 3.52. The summed E-state index contributed by atoms with van der Waals surface area (Å²) in [5.74, 6) is -0.0152. The number of nitrogens with one attached hydrogen (secondary N) is 1. The highest BCUT2D eigenvalue weighted by atomic mass is 16.5. The van der Waals surface area contributed by atoms with Gasteiger partial charge >= 0.3 is 0 Å². The summed E-state index contributed by atoms with van der Waals surface area (Å²) in [6.45, 7) is 0. The molecule has 1 atom stereocenters. The average molecular weight is 312 g/mol. The van der Waals surface area contributed by atoms with E-state index in [0.717, 1.165) is 11.3 Å². The summed E-state index contributed by atoms with van der Waals surface area (Å²) in [5.41, 5.74) is 7.09. The van der Waals surface area contributed by atoms with E-state index in [1.165, 1.54) is 0 Å². The molecule has 0 saturated carbocycles. The molecule has 120 valence electrons. The van der Waals surface area contributed by atoms with Crippen molar-refractivity contribution in [1.82, 2.24) is 5.32 Å². The number of amides is 2. The zero-order chi connectivity index (χ0) is 16.7. The lowest BCUT2D eigenvalue weighted by Gasteiger charge is -2.15. The van der Waals surface area contributed by atoms with E-state index in [1.54, 1.807) is 31.4 Å². The monoisotopic (exact) mass is 312 g/mol.